The van der Waals surface area contributed by atoms with E-state index in [0.29, 0.717) is 17.2 Å². The van der Waals surface area contributed by atoms with Gasteiger partial charge in [-0.25, -0.2) is 4.98 Å². The van der Waals surface area contributed by atoms with Crippen LogP contribution in [0.3, 0.4) is 0 Å². The third-order valence-corrected chi connectivity index (χ3v) is 5.37. The molecule has 3 heterocycles. The minimum Gasteiger partial charge on any atom is -0.361 e. The lowest BCUT2D eigenvalue weighted by molar-refractivity contribution is 0.0670. The van der Waals surface area contributed by atoms with Crippen molar-refractivity contribution < 1.29 is 9.32 Å². The normalized spacial score (nSPS) is 17.7. The largest absolute Gasteiger partial charge is 0.361 e. The van der Waals surface area contributed by atoms with Crippen molar-refractivity contribution in [3.63, 3.8) is 0 Å². The van der Waals surface area contributed by atoms with E-state index >= 15 is 0 Å². The van der Waals surface area contributed by atoms with Crippen molar-refractivity contribution in [1.82, 2.24) is 20.4 Å². The first-order valence-electron chi connectivity index (χ1n) is 8.61. The Hall–Kier alpha value is -1.86. The van der Waals surface area contributed by atoms with E-state index in [1.54, 1.807) is 6.20 Å². The first-order valence-corrected chi connectivity index (χ1v) is 9.60. The molecule has 25 heavy (non-hydrogen) atoms. The summed E-state index contributed by atoms with van der Waals surface area (Å²) in [6.07, 6.45) is 3.96. The molecule has 6 nitrogen and oxygen atoms in total. The van der Waals surface area contributed by atoms with Crippen LogP contribution in [0.1, 0.15) is 34.7 Å². The molecule has 0 aliphatic carbocycles. The van der Waals surface area contributed by atoms with E-state index in [-0.39, 0.29) is 5.91 Å². The molecule has 1 fully saturated rings. The Kier molecular flexibility index (Phi) is 6.09. The Labute approximate surface area is 152 Å². The van der Waals surface area contributed by atoms with Gasteiger partial charge < -0.3 is 14.7 Å². The number of rotatable bonds is 6. The first-order chi connectivity index (χ1) is 12.2. The maximum Gasteiger partial charge on any atom is 0.256 e. The monoisotopic (exact) mass is 360 g/mol. The summed E-state index contributed by atoms with van der Waals surface area (Å²) in [6.45, 7) is 4.44. The molecule has 1 saturated heterocycles. The predicted octanol–water partition coefficient (Wildman–Crippen LogP) is 2.74. The van der Waals surface area contributed by atoms with Gasteiger partial charge in [0.2, 0.25) is 0 Å². The minimum atomic E-state index is 0.0766. The number of carbonyl (C=O) groups is 1. The van der Waals surface area contributed by atoms with E-state index in [1.165, 1.54) is 18.2 Å². The lowest BCUT2D eigenvalue weighted by Crippen LogP contribution is -2.42. The molecule has 0 saturated carbocycles. The number of likely N-dealkylation sites (tertiary alicyclic amines) is 1. The van der Waals surface area contributed by atoms with Crippen molar-refractivity contribution in [2.45, 2.75) is 30.5 Å². The number of hydrogen-bond acceptors (Lipinski definition) is 6. The van der Waals surface area contributed by atoms with E-state index < -0.39 is 0 Å². The molecule has 1 aliphatic heterocycles. The second-order valence-electron chi connectivity index (χ2n) is 6.39. The third-order valence-electron chi connectivity index (χ3n) is 4.33. The number of piperidine rings is 1. The quantitative estimate of drug-likeness (QED) is 0.799. The van der Waals surface area contributed by atoms with Gasteiger partial charge in [0.25, 0.3) is 5.91 Å². The van der Waals surface area contributed by atoms with Gasteiger partial charge in [-0.2, -0.15) is 0 Å². The molecule has 1 N–H and O–H groups in total. The zero-order valence-corrected chi connectivity index (χ0v) is 15.5. The second kappa shape index (κ2) is 8.49. The van der Waals surface area contributed by atoms with Gasteiger partial charge in [0.15, 0.2) is 0 Å². The van der Waals surface area contributed by atoms with Crippen molar-refractivity contribution in [3.05, 3.63) is 41.4 Å². The molecule has 0 spiro atoms. The van der Waals surface area contributed by atoms with E-state index in [2.05, 4.69) is 15.5 Å². The topological polar surface area (TPSA) is 71.3 Å². The summed E-state index contributed by atoms with van der Waals surface area (Å²) in [5.74, 6) is 2.02. The summed E-state index contributed by atoms with van der Waals surface area (Å²) in [7, 11) is 1.96. The van der Waals surface area contributed by atoms with Gasteiger partial charge in [0, 0.05) is 31.1 Å². The number of aryl methyl sites for hydroxylation is 1. The first kappa shape index (κ1) is 17.9. The number of amides is 1. The molecule has 134 valence electrons. The van der Waals surface area contributed by atoms with Crippen LogP contribution in [-0.4, -0.2) is 47.6 Å². The van der Waals surface area contributed by atoms with Crippen LogP contribution in [0.2, 0.25) is 0 Å². The van der Waals surface area contributed by atoms with Crippen LogP contribution in [0.5, 0.6) is 0 Å². The fourth-order valence-electron chi connectivity index (χ4n) is 3.17. The van der Waals surface area contributed by atoms with E-state index in [4.69, 9.17) is 4.52 Å². The summed E-state index contributed by atoms with van der Waals surface area (Å²) in [5.41, 5.74) is 1.54. The predicted molar refractivity (Wildman–Crippen MR) is 97.6 cm³/mol. The number of aromatic nitrogens is 2. The van der Waals surface area contributed by atoms with Gasteiger partial charge in [-0.05, 0) is 51.4 Å². The molecular weight excluding hydrogens is 336 g/mol. The van der Waals surface area contributed by atoms with Crippen LogP contribution >= 0.6 is 11.8 Å². The Morgan fingerprint density at radius 2 is 2.40 bits per heavy atom. The minimum absolute atomic E-state index is 0.0766. The standard InChI is InChI=1S/C18H24N4O2S/c1-13-9-15(21-24-13)12-25-17-16(6-3-7-20-17)18(23)22-8-4-5-14(11-22)10-19-2/h3,6-7,9,14,19H,4-5,8,10-12H2,1-2H3. The molecule has 2 aromatic heterocycles. The van der Waals surface area contributed by atoms with E-state index in [0.717, 1.165) is 42.5 Å². The highest BCUT2D eigenvalue weighted by molar-refractivity contribution is 7.98. The molecule has 7 heteroatoms. The van der Waals surface area contributed by atoms with Gasteiger partial charge in [-0.15, -0.1) is 0 Å². The smallest absolute Gasteiger partial charge is 0.256 e. The molecule has 1 unspecified atom stereocenters. The Morgan fingerprint density at radius 3 is 3.16 bits per heavy atom. The lowest BCUT2D eigenvalue weighted by Gasteiger charge is -2.33. The highest BCUT2D eigenvalue weighted by Crippen LogP contribution is 2.26. The van der Waals surface area contributed by atoms with Gasteiger partial charge in [0.05, 0.1) is 11.3 Å². The van der Waals surface area contributed by atoms with Crippen molar-refractivity contribution in [3.8, 4) is 0 Å². The van der Waals surface area contributed by atoms with Crippen LogP contribution in [0.15, 0.2) is 33.9 Å². The summed E-state index contributed by atoms with van der Waals surface area (Å²) in [4.78, 5) is 19.4. The van der Waals surface area contributed by atoms with Gasteiger partial charge in [0.1, 0.15) is 10.8 Å². The SMILES string of the molecule is CNCC1CCCN(C(=O)c2cccnc2SCc2cc(C)on2)C1. The third kappa shape index (κ3) is 4.61. The molecule has 2 aromatic rings. The maximum atomic E-state index is 13.0. The molecule has 0 radical (unpaired) electrons. The van der Waals surface area contributed by atoms with Crippen LogP contribution in [0.4, 0.5) is 0 Å². The molecule has 3 rings (SSSR count). The van der Waals surface area contributed by atoms with Crippen molar-refractivity contribution in [1.29, 1.82) is 0 Å². The van der Waals surface area contributed by atoms with E-state index in [1.807, 2.05) is 37.1 Å². The van der Waals surface area contributed by atoms with Crippen LogP contribution in [0, 0.1) is 12.8 Å². The lowest BCUT2D eigenvalue weighted by atomic mass is 9.97. The van der Waals surface area contributed by atoms with Crippen molar-refractivity contribution in [2.75, 3.05) is 26.7 Å². The summed E-state index contributed by atoms with van der Waals surface area (Å²) >= 11 is 1.52. The summed E-state index contributed by atoms with van der Waals surface area (Å²) < 4.78 is 5.10. The maximum absolute atomic E-state index is 13.0. The fraction of sp³-hybridized carbons (Fsp3) is 0.500. The molecule has 1 amide bonds. The number of carbonyl (C=O) groups excluding carboxylic acids is 1. The average Bonchev–Trinajstić information content (AvgIpc) is 3.05. The second-order valence-corrected chi connectivity index (χ2v) is 7.35. The number of hydrogen-bond donors (Lipinski definition) is 1. The van der Waals surface area contributed by atoms with E-state index in [9.17, 15) is 4.79 Å². The van der Waals surface area contributed by atoms with Crippen LogP contribution in [0.25, 0.3) is 0 Å². The van der Waals surface area contributed by atoms with Crippen LogP contribution in [-0.2, 0) is 5.75 Å². The number of thioether (sulfide) groups is 1. The number of pyridine rings is 1. The van der Waals surface area contributed by atoms with Gasteiger partial charge in [-0.3, -0.25) is 4.79 Å². The highest BCUT2D eigenvalue weighted by atomic mass is 32.2. The van der Waals surface area contributed by atoms with Crippen molar-refractivity contribution >= 4 is 17.7 Å². The molecule has 0 bridgehead atoms. The van der Waals surface area contributed by atoms with Crippen molar-refractivity contribution in [2.24, 2.45) is 5.92 Å². The molecule has 0 aromatic carbocycles. The molecular formula is C18H24N4O2S. The molecule has 1 aliphatic rings. The Morgan fingerprint density at radius 1 is 1.52 bits per heavy atom. The van der Waals surface area contributed by atoms with Gasteiger partial charge in [-0.1, -0.05) is 16.9 Å². The molecule has 1 atom stereocenters. The summed E-state index contributed by atoms with van der Waals surface area (Å²) in [6, 6.07) is 5.60. The zero-order valence-electron chi connectivity index (χ0n) is 14.7. The van der Waals surface area contributed by atoms with Crippen LogP contribution < -0.4 is 5.32 Å². The Balaban J connectivity index is 1.69. The summed E-state index contributed by atoms with van der Waals surface area (Å²) in [5, 5.41) is 7.97. The number of nitrogens with zero attached hydrogens (tertiary/aromatic N) is 3. The zero-order chi connectivity index (χ0) is 17.6. The number of nitrogens with one attached hydrogen (secondary N) is 1. The Bertz CT molecular complexity index is 717. The fourth-order valence-corrected chi connectivity index (χ4v) is 4.04. The highest BCUT2D eigenvalue weighted by Gasteiger charge is 2.26. The van der Waals surface area contributed by atoms with Gasteiger partial charge >= 0.3 is 0 Å². The average molecular weight is 360 g/mol.